The molecule has 1 saturated heterocycles. The molecule has 5 nitrogen and oxygen atoms in total. The van der Waals surface area contributed by atoms with Gasteiger partial charge in [-0.3, -0.25) is 9.78 Å². The molecule has 98 valence electrons. The Labute approximate surface area is 107 Å². The van der Waals surface area contributed by atoms with E-state index in [1.165, 1.54) is 0 Å². The zero-order chi connectivity index (χ0) is 12.6. The minimum absolute atomic E-state index is 0.0841. The summed E-state index contributed by atoms with van der Waals surface area (Å²) in [5.41, 5.74) is 0.854. The molecule has 0 aromatic carbocycles. The molecular formula is C13H19N3O2. The molecule has 1 aliphatic heterocycles. The summed E-state index contributed by atoms with van der Waals surface area (Å²) in [4.78, 5) is 15.7. The number of nitrogens with one attached hydrogen (secondary N) is 2. The first-order valence-corrected chi connectivity index (χ1v) is 6.33. The summed E-state index contributed by atoms with van der Waals surface area (Å²) in [6.45, 7) is 2.53. The molecule has 0 radical (unpaired) electrons. The van der Waals surface area contributed by atoms with E-state index in [2.05, 4.69) is 15.6 Å². The maximum Gasteiger partial charge on any atom is 0.246 e. The lowest BCUT2D eigenvalue weighted by Gasteiger charge is -2.22. The topological polar surface area (TPSA) is 63.2 Å². The Morgan fingerprint density at radius 2 is 2.28 bits per heavy atom. The molecule has 0 saturated carbocycles. The van der Waals surface area contributed by atoms with E-state index in [1.54, 1.807) is 6.20 Å². The normalized spacial score (nSPS) is 16.4. The van der Waals surface area contributed by atoms with Gasteiger partial charge < -0.3 is 15.4 Å². The highest BCUT2D eigenvalue weighted by Crippen LogP contribution is 2.06. The Morgan fingerprint density at radius 3 is 3.00 bits per heavy atom. The van der Waals surface area contributed by atoms with Crippen molar-refractivity contribution >= 4 is 5.91 Å². The second-order valence-corrected chi connectivity index (χ2v) is 4.36. The third-order valence-corrected chi connectivity index (χ3v) is 2.93. The Balaban J connectivity index is 1.63. The smallest absolute Gasteiger partial charge is 0.246 e. The zero-order valence-corrected chi connectivity index (χ0v) is 10.4. The number of aromatic nitrogens is 1. The fourth-order valence-electron chi connectivity index (χ4n) is 1.90. The average Bonchev–Trinajstić information content (AvgIpc) is 2.45. The largest absolute Gasteiger partial charge is 0.368 e. The Kier molecular flexibility index (Phi) is 5.11. The van der Waals surface area contributed by atoms with Crippen molar-refractivity contribution in [3.05, 3.63) is 30.1 Å². The van der Waals surface area contributed by atoms with Crippen LogP contribution in [-0.2, 0) is 16.1 Å². The number of ether oxygens (including phenoxy) is 1. The van der Waals surface area contributed by atoms with Crippen molar-refractivity contribution in [3.8, 4) is 0 Å². The van der Waals surface area contributed by atoms with E-state index in [9.17, 15) is 4.79 Å². The van der Waals surface area contributed by atoms with Crippen LogP contribution in [0.5, 0.6) is 0 Å². The SMILES string of the molecule is O=C(COC1CCNCC1)NCc1ccccn1. The first kappa shape index (κ1) is 13.0. The number of carbonyl (C=O) groups excluding carboxylic acids is 1. The van der Waals surface area contributed by atoms with Gasteiger partial charge in [0.15, 0.2) is 0 Å². The lowest BCUT2D eigenvalue weighted by molar-refractivity contribution is -0.128. The minimum Gasteiger partial charge on any atom is -0.368 e. The predicted octanol–water partition coefficient (Wildman–Crippen LogP) is 0.466. The Morgan fingerprint density at radius 1 is 1.44 bits per heavy atom. The lowest BCUT2D eigenvalue weighted by atomic mass is 10.1. The maximum absolute atomic E-state index is 11.6. The summed E-state index contributed by atoms with van der Waals surface area (Å²) in [7, 11) is 0. The molecule has 0 unspecified atom stereocenters. The molecule has 1 amide bonds. The van der Waals surface area contributed by atoms with Gasteiger partial charge >= 0.3 is 0 Å². The van der Waals surface area contributed by atoms with Gasteiger partial charge in [-0.2, -0.15) is 0 Å². The molecule has 5 heteroatoms. The lowest BCUT2D eigenvalue weighted by Crippen LogP contribution is -2.35. The maximum atomic E-state index is 11.6. The number of nitrogens with zero attached hydrogens (tertiary/aromatic N) is 1. The second kappa shape index (κ2) is 7.08. The number of piperidine rings is 1. The third-order valence-electron chi connectivity index (χ3n) is 2.93. The van der Waals surface area contributed by atoms with Crippen molar-refractivity contribution in [1.82, 2.24) is 15.6 Å². The highest BCUT2D eigenvalue weighted by atomic mass is 16.5. The van der Waals surface area contributed by atoms with Gasteiger partial charge in [0.25, 0.3) is 0 Å². The molecule has 0 aliphatic carbocycles. The van der Waals surface area contributed by atoms with Gasteiger partial charge in [0.05, 0.1) is 18.3 Å². The van der Waals surface area contributed by atoms with Gasteiger partial charge in [-0.05, 0) is 38.1 Å². The number of pyridine rings is 1. The highest BCUT2D eigenvalue weighted by molar-refractivity contribution is 5.77. The van der Waals surface area contributed by atoms with Crippen molar-refractivity contribution in [3.63, 3.8) is 0 Å². The van der Waals surface area contributed by atoms with Crippen LogP contribution in [0.25, 0.3) is 0 Å². The summed E-state index contributed by atoms with van der Waals surface area (Å²) >= 11 is 0. The fourth-order valence-corrected chi connectivity index (χ4v) is 1.90. The van der Waals surface area contributed by atoms with Crippen LogP contribution in [0, 0.1) is 0 Å². The molecule has 0 bridgehead atoms. The number of carbonyl (C=O) groups is 1. The fraction of sp³-hybridized carbons (Fsp3) is 0.538. The molecule has 1 aromatic heterocycles. The first-order chi connectivity index (χ1) is 8.84. The van der Waals surface area contributed by atoms with Crippen molar-refractivity contribution in [2.75, 3.05) is 19.7 Å². The van der Waals surface area contributed by atoms with Crippen molar-refractivity contribution < 1.29 is 9.53 Å². The van der Waals surface area contributed by atoms with Crippen LogP contribution in [0.2, 0.25) is 0 Å². The van der Waals surface area contributed by atoms with Gasteiger partial charge in [0.1, 0.15) is 6.61 Å². The Hall–Kier alpha value is -1.46. The van der Waals surface area contributed by atoms with Crippen LogP contribution < -0.4 is 10.6 Å². The Bertz CT molecular complexity index is 364. The molecule has 1 aromatic rings. The summed E-state index contributed by atoms with van der Waals surface area (Å²) in [6.07, 6.45) is 3.89. The van der Waals surface area contributed by atoms with Gasteiger partial charge in [-0.1, -0.05) is 6.07 Å². The summed E-state index contributed by atoms with van der Waals surface area (Å²) in [5.74, 6) is -0.0841. The quantitative estimate of drug-likeness (QED) is 0.796. The van der Waals surface area contributed by atoms with Crippen LogP contribution in [-0.4, -0.2) is 36.7 Å². The summed E-state index contributed by atoms with van der Waals surface area (Å²) < 4.78 is 5.56. The molecule has 0 atom stereocenters. The van der Waals surface area contributed by atoms with E-state index in [0.717, 1.165) is 31.6 Å². The minimum atomic E-state index is -0.0841. The highest BCUT2D eigenvalue weighted by Gasteiger charge is 2.14. The van der Waals surface area contributed by atoms with Gasteiger partial charge in [0.2, 0.25) is 5.91 Å². The van der Waals surface area contributed by atoms with Crippen LogP contribution in [0.15, 0.2) is 24.4 Å². The van der Waals surface area contributed by atoms with Crippen LogP contribution in [0.1, 0.15) is 18.5 Å². The van der Waals surface area contributed by atoms with Crippen molar-refractivity contribution in [2.45, 2.75) is 25.5 Å². The van der Waals surface area contributed by atoms with E-state index in [1.807, 2.05) is 18.2 Å². The number of rotatable bonds is 5. The van der Waals surface area contributed by atoms with E-state index in [4.69, 9.17) is 4.74 Å². The van der Waals surface area contributed by atoms with E-state index in [0.29, 0.717) is 6.54 Å². The molecule has 2 N–H and O–H groups in total. The summed E-state index contributed by atoms with van der Waals surface area (Å²) in [5, 5.41) is 6.06. The first-order valence-electron chi connectivity index (χ1n) is 6.33. The van der Waals surface area contributed by atoms with Gasteiger partial charge in [0, 0.05) is 6.20 Å². The number of hydrogen-bond donors (Lipinski definition) is 2. The molecule has 2 heterocycles. The second-order valence-electron chi connectivity index (χ2n) is 4.36. The third kappa shape index (κ3) is 4.43. The van der Waals surface area contributed by atoms with Crippen LogP contribution in [0.3, 0.4) is 0 Å². The van der Waals surface area contributed by atoms with Gasteiger partial charge in [-0.25, -0.2) is 0 Å². The van der Waals surface area contributed by atoms with E-state index in [-0.39, 0.29) is 18.6 Å². The van der Waals surface area contributed by atoms with Crippen LogP contribution >= 0.6 is 0 Å². The average molecular weight is 249 g/mol. The molecule has 18 heavy (non-hydrogen) atoms. The summed E-state index contributed by atoms with van der Waals surface area (Å²) in [6, 6.07) is 5.64. The number of hydrogen-bond acceptors (Lipinski definition) is 4. The molecule has 0 spiro atoms. The molecular weight excluding hydrogens is 230 g/mol. The monoisotopic (exact) mass is 249 g/mol. The van der Waals surface area contributed by atoms with Crippen LogP contribution in [0.4, 0.5) is 0 Å². The van der Waals surface area contributed by atoms with Crippen molar-refractivity contribution in [1.29, 1.82) is 0 Å². The molecule has 1 fully saturated rings. The van der Waals surface area contributed by atoms with E-state index < -0.39 is 0 Å². The zero-order valence-electron chi connectivity index (χ0n) is 10.4. The molecule has 1 aliphatic rings. The van der Waals surface area contributed by atoms with E-state index >= 15 is 0 Å². The standard InChI is InChI=1S/C13H19N3O2/c17-13(10-18-12-4-7-14-8-5-12)16-9-11-3-1-2-6-15-11/h1-3,6,12,14H,4-5,7-10H2,(H,16,17). The van der Waals surface area contributed by atoms with Gasteiger partial charge in [-0.15, -0.1) is 0 Å². The number of amides is 1. The molecule has 2 rings (SSSR count). The predicted molar refractivity (Wildman–Crippen MR) is 67.9 cm³/mol. The van der Waals surface area contributed by atoms with Crippen molar-refractivity contribution in [2.24, 2.45) is 0 Å².